The first-order valence-electron chi connectivity index (χ1n) is 6.05. The van der Waals surface area contributed by atoms with Gasteiger partial charge in [0, 0.05) is 19.0 Å². The number of carbonyl (C=O) groups is 1. The van der Waals surface area contributed by atoms with Gasteiger partial charge in [0.1, 0.15) is 0 Å². The molecule has 0 aliphatic carbocycles. The summed E-state index contributed by atoms with van der Waals surface area (Å²) in [6.45, 7) is 8.96. The molecule has 3 heteroatoms. The molecule has 2 atom stereocenters. The van der Waals surface area contributed by atoms with E-state index in [0.717, 1.165) is 19.5 Å². The smallest absolute Gasteiger partial charge is 0.225 e. The van der Waals surface area contributed by atoms with Crippen molar-refractivity contribution in [2.45, 2.75) is 33.6 Å². The van der Waals surface area contributed by atoms with Gasteiger partial charge in [0.05, 0.1) is 0 Å². The largest absolute Gasteiger partial charge is 0.342 e. The minimum absolute atomic E-state index is 0.0981. The number of hydrogen-bond acceptors (Lipinski definition) is 2. The molecule has 15 heavy (non-hydrogen) atoms. The van der Waals surface area contributed by atoms with E-state index in [-0.39, 0.29) is 5.92 Å². The van der Waals surface area contributed by atoms with E-state index in [1.165, 1.54) is 6.42 Å². The van der Waals surface area contributed by atoms with Crippen LogP contribution in [0.4, 0.5) is 0 Å². The molecule has 1 aliphatic rings. The standard InChI is InChI=1S/C12H24N2O/c1-9(2)11-5-7-14(8-11)12(15)10(3)4-6-13/h9-11H,4-8,13H2,1-3H3. The van der Waals surface area contributed by atoms with E-state index in [0.29, 0.717) is 24.3 Å². The lowest BCUT2D eigenvalue weighted by atomic mass is 9.95. The summed E-state index contributed by atoms with van der Waals surface area (Å²) in [7, 11) is 0. The van der Waals surface area contributed by atoms with Gasteiger partial charge in [-0.3, -0.25) is 4.79 Å². The zero-order chi connectivity index (χ0) is 11.4. The van der Waals surface area contributed by atoms with Crippen molar-refractivity contribution in [2.24, 2.45) is 23.5 Å². The van der Waals surface area contributed by atoms with Crippen LogP contribution < -0.4 is 5.73 Å². The molecular formula is C12H24N2O. The number of nitrogens with two attached hydrogens (primary N) is 1. The Hall–Kier alpha value is -0.570. The van der Waals surface area contributed by atoms with Crippen LogP contribution in [0.2, 0.25) is 0 Å². The van der Waals surface area contributed by atoms with Gasteiger partial charge in [-0.15, -0.1) is 0 Å². The molecule has 1 saturated heterocycles. The second kappa shape index (κ2) is 5.50. The lowest BCUT2D eigenvalue weighted by Crippen LogP contribution is -2.34. The monoisotopic (exact) mass is 212 g/mol. The second-order valence-electron chi connectivity index (χ2n) is 5.06. The van der Waals surface area contributed by atoms with Crippen LogP contribution in [-0.4, -0.2) is 30.4 Å². The SMILES string of the molecule is CC(CCN)C(=O)N1CCC(C(C)C)C1. The van der Waals surface area contributed by atoms with Crippen LogP contribution in [0, 0.1) is 17.8 Å². The molecule has 88 valence electrons. The molecule has 1 rings (SSSR count). The van der Waals surface area contributed by atoms with Crippen LogP contribution in [0.1, 0.15) is 33.6 Å². The predicted molar refractivity (Wildman–Crippen MR) is 62.4 cm³/mol. The van der Waals surface area contributed by atoms with Crippen LogP contribution in [0.3, 0.4) is 0 Å². The van der Waals surface area contributed by atoms with Crippen molar-refractivity contribution in [1.82, 2.24) is 4.90 Å². The Bertz CT molecular complexity index is 216. The second-order valence-corrected chi connectivity index (χ2v) is 5.06. The van der Waals surface area contributed by atoms with E-state index in [2.05, 4.69) is 13.8 Å². The van der Waals surface area contributed by atoms with Gasteiger partial charge in [-0.25, -0.2) is 0 Å². The molecule has 0 aromatic rings. The topological polar surface area (TPSA) is 46.3 Å². The average molecular weight is 212 g/mol. The Morgan fingerprint density at radius 1 is 1.47 bits per heavy atom. The summed E-state index contributed by atoms with van der Waals surface area (Å²) in [5.41, 5.74) is 5.47. The van der Waals surface area contributed by atoms with E-state index in [4.69, 9.17) is 5.73 Å². The number of nitrogens with zero attached hydrogens (tertiary/aromatic N) is 1. The first kappa shape index (κ1) is 12.5. The van der Waals surface area contributed by atoms with Crippen molar-refractivity contribution >= 4 is 5.91 Å². The maximum Gasteiger partial charge on any atom is 0.225 e. The van der Waals surface area contributed by atoms with E-state index >= 15 is 0 Å². The molecule has 0 radical (unpaired) electrons. The van der Waals surface area contributed by atoms with Crippen LogP contribution in [0.15, 0.2) is 0 Å². The number of amides is 1. The highest BCUT2D eigenvalue weighted by Gasteiger charge is 2.29. The molecule has 2 unspecified atom stereocenters. The van der Waals surface area contributed by atoms with Crippen LogP contribution in [-0.2, 0) is 4.79 Å². The fraction of sp³-hybridized carbons (Fsp3) is 0.917. The summed E-state index contributed by atoms with van der Waals surface area (Å²) in [6, 6.07) is 0. The third-order valence-electron chi connectivity index (χ3n) is 3.50. The summed E-state index contributed by atoms with van der Waals surface area (Å²) in [6.07, 6.45) is 1.97. The van der Waals surface area contributed by atoms with Crippen molar-refractivity contribution in [3.05, 3.63) is 0 Å². The molecule has 0 aromatic carbocycles. The number of hydrogen-bond donors (Lipinski definition) is 1. The summed E-state index contributed by atoms with van der Waals surface area (Å²) in [5.74, 6) is 1.77. The third-order valence-corrected chi connectivity index (χ3v) is 3.50. The summed E-state index contributed by atoms with van der Waals surface area (Å²) in [5, 5.41) is 0. The molecule has 0 spiro atoms. The molecule has 3 nitrogen and oxygen atoms in total. The van der Waals surface area contributed by atoms with Gasteiger partial charge in [-0.05, 0) is 31.2 Å². The van der Waals surface area contributed by atoms with Crippen LogP contribution in [0.5, 0.6) is 0 Å². The molecule has 0 aromatic heterocycles. The molecule has 0 bridgehead atoms. The third kappa shape index (κ3) is 3.20. The number of rotatable bonds is 4. The first-order valence-corrected chi connectivity index (χ1v) is 6.05. The van der Waals surface area contributed by atoms with Crippen molar-refractivity contribution in [1.29, 1.82) is 0 Å². The van der Waals surface area contributed by atoms with Gasteiger partial charge in [0.2, 0.25) is 5.91 Å². The van der Waals surface area contributed by atoms with Crippen molar-refractivity contribution < 1.29 is 4.79 Å². The number of carbonyl (C=O) groups excluding carboxylic acids is 1. The van der Waals surface area contributed by atoms with Gasteiger partial charge in [0.25, 0.3) is 0 Å². The average Bonchev–Trinajstić information content (AvgIpc) is 2.65. The quantitative estimate of drug-likeness (QED) is 0.767. The van der Waals surface area contributed by atoms with E-state index in [1.807, 2.05) is 11.8 Å². The summed E-state index contributed by atoms with van der Waals surface area (Å²) in [4.78, 5) is 14.0. The van der Waals surface area contributed by atoms with Crippen LogP contribution in [0.25, 0.3) is 0 Å². The van der Waals surface area contributed by atoms with Gasteiger partial charge in [-0.2, -0.15) is 0 Å². The van der Waals surface area contributed by atoms with Gasteiger partial charge in [0.15, 0.2) is 0 Å². The summed E-state index contributed by atoms with van der Waals surface area (Å²) < 4.78 is 0. The van der Waals surface area contributed by atoms with E-state index in [1.54, 1.807) is 0 Å². The zero-order valence-corrected chi connectivity index (χ0v) is 10.2. The van der Waals surface area contributed by atoms with Gasteiger partial charge >= 0.3 is 0 Å². The lowest BCUT2D eigenvalue weighted by molar-refractivity contribution is -0.134. The first-order chi connectivity index (χ1) is 7.06. The van der Waals surface area contributed by atoms with Crippen molar-refractivity contribution in [3.63, 3.8) is 0 Å². The van der Waals surface area contributed by atoms with Crippen molar-refractivity contribution in [3.8, 4) is 0 Å². The normalized spacial score (nSPS) is 23.5. The molecule has 1 aliphatic heterocycles. The summed E-state index contributed by atoms with van der Waals surface area (Å²) >= 11 is 0. The Labute approximate surface area is 93.0 Å². The van der Waals surface area contributed by atoms with E-state index in [9.17, 15) is 4.79 Å². The minimum Gasteiger partial charge on any atom is -0.342 e. The number of likely N-dealkylation sites (tertiary alicyclic amines) is 1. The lowest BCUT2D eigenvalue weighted by Gasteiger charge is -2.21. The van der Waals surface area contributed by atoms with Gasteiger partial charge < -0.3 is 10.6 Å². The molecule has 1 heterocycles. The maximum absolute atomic E-state index is 12.0. The molecular weight excluding hydrogens is 188 g/mol. The van der Waals surface area contributed by atoms with Crippen molar-refractivity contribution in [2.75, 3.05) is 19.6 Å². The zero-order valence-electron chi connectivity index (χ0n) is 10.2. The Kier molecular flexibility index (Phi) is 4.58. The Balaban J connectivity index is 2.42. The predicted octanol–water partition coefficient (Wildman–Crippen LogP) is 1.48. The van der Waals surface area contributed by atoms with Crippen LogP contribution >= 0.6 is 0 Å². The highest BCUT2D eigenvalue weighted by molar-refractivity contribution is 5.78. The fourth-order valence-corrected chi connectivity index (χ4v) is 2.22. The van der Waals surface area contributed by atoms with E-state index < -0.39 is 0 Å². The maximum atomic E-state index is 12.0. The molecule has 1 fully saturated rings. The molecule has 0 saturated carbocycles. The highest BCUT2D eigenvalue weighted by atomic mass is 16.2. The van der Waals surface area contributed by atoms with Gasteiger partial charge in [-0.1, -0.05) is 20.8 Å². The molecule has 2 N–H and O–H groups in total. The fourth-order valence-electron chi connectivity index (χ4n) is 2.22. The minimum atomic E-state index is 0.0981. The Morgan fingerprint density at radius 2 is 2.13 bits per heavy atom. The Morgan fingerprint density at radius 3 is 2.60 bits per heavy atom. The molecule has 1 amide bonds. The highest BCUT2D eigenvalue weighted by Crippen LogP contribution is 2.25.